The number of rotatable bonds is 2. The van der Waals surface area contributed by atoms with Gasteiger partial charge < -0.3 is 10.2 Å². The molecule has 2 fully saturated rings. The fourth-order valence-electron chi connectivity index (χ4n) is 3.09. The summed E-state index contributed by atoms with van der Waals surface area (Å²) in [7, 11) is 1.94. The number of halogens is 1. The molecule has 0 aromatic carbocycles. The Morgan fingerprint density at radius 2 is 2.19 bits per heavy atom. The van der Waals surface area contributed by atoms with E-state index >= 15 is 0 Å². The first-order valence-electron chi connectivity index (χ1n) is 6.06. The fraction of sp³-hybridized carbons (Fsp3) is 0.917. The lowest BCUT2D eigenvalue weighted by Gasteiger charge is -2.34. The van der Waals surface area contributed by atoms with Gasteiger partial charge in [-0.1, -0.05) is 6.42 Å². The van der Waals surface area contributed by atoms with E-state index in [-0.39, 0.29) is 17.8 Å². The van der Waals surface area contributed by atoms with Crippen LogP contribution in [0.25, 0.3) is 0 Å². The molecule has 16 heavy (non-hydrogen) atoms. The summed E-state index contributed by atoms with van der Waals surface area (Å²) in [5, 5.41) is 3.39. The minimum atomic E-state index is -0.0565. The first-order chi connectivity index (χ1) is 7.08. The van der Waals surface area contributed by atoms with Gasteiger partial charge in [0, 0.05) is 19.6 Å². The molecule has 2 aliphatic rings. The molecular formula is C12H23ClN2O. The standard InChI is InChI=1S/C12H22N2O.ClH/c1-9(2)14(3)11(15)12-6-4-5-10(12)7-13-8-12;/h9-10,13H,4-8H2,1-3H3;1H/t10-,12-;/m1./s1. The van der Waals surface area contributed by atoms with Crippen molar-refractivity contribution in [3.05, 3.63) is 0 Å². The molecule has 94 valence electrons. The predicted molar refractivity (Wildman–Crippen MR) is 67.8 cm³/mol. The predicted octanol–water partition coefficient (Wildman–Crippen LogP) is 1.66. The third kappa shape index (κ3) is 1.95. The largest absolute Gasteiger partial charge is 0.343 e. The normalized spacial score (nSPS) is 32.4. The van der Waals surface area contributed by atoms with Gasteiger partial charge in [-0.25, -0.2) is 0 Å². The zero-order valence-corrected chi connectivity index (χ0v) is 11.3. The first kappa shape index (κ1) is 13.8. The maximum Gasteiger partial charge on any atom is 0.230 e. The zero-order valence-electron chi connectivity index (χ0n) is 10.5. The number of nitrogens with one attached hydrogen (secondary N) is 1. The monoisotopic (exact) mass is 246 g/mol. The zero-order chi connectivity index (χ0) is 11.1. The Kier molecular flexibility index (Phi) is 4.24. The van der Waals surface area contributed by atoms with E-state index in [1.807, 2.05) is 11.9 Å². The minimum Gasteiger partial charge on any atom is -0.343 e. The average Bonchev–Trinajstić information content (AvgIpc) is 2.73. The van der Waals surface area contributed by atoms with Crippen LogP contribution in [0.5, 0.6) is 0 Å². The van der Waals surface area contributed by atoms with Gasteiger partial charge in [0.25, 0.3) is 0 Å². The molecule has 0 bridgehead atoms. The molecule has 0 aromatic heterocycles. The number of fused-ring (bicyclic) bond motifs is 1. The van der Waals surface area contributed by atoms with Gasteiger partial charge in [0.05, 0.1) is 5.41 Å². The lowest BCUT2D eigenvalue weighted by atomic mass is 9.79. The Balaban J connectivity index is 0.00000128. The lowest BCUT2D eigenvalue weighted by Crippen LogP contribution is -2.47. The van der Waals surface area contributed by atoms with E-state index in [0.717, 1.165) is 19.5 Å². The van der Waals surface area contributed by atoms with E-state index in [0.29, 0.717) is 17.9 Å². The molecule has 1 saturated carbocycles. The molecule has 3 nitrogen and oxygen atoms in total. The summed E-state index contributed by atoms with van der Waals surface area (Å²) in [4.78, 5) is 14.4. The summed E-state index contributed by atoms with van der Waals surface area (Å²) < 4.78 is 0. The second-order valence-electron chi connectivity index (χ2n) is 5.39. The van der Waals surface area contributed by atoms with E-state index in [1.165, 1.54) is 12.8 Å². The summed E-state index contributed by atoms with van der Waals surface area (Å²) in [6.07, 6.45) is 3.54. The summed E-state index contributed by atoms with van der Waals surface area (Å²) in [6.45, 7) is 6.10. The Morgan fingerprint density at radius 1 is 1.50 bits per heavy atom. The molecule has 0 aromatic rings. The van der Waals surface area contributed by atoms with E-state index in [2.05, 4.69) is 19.2 Å². The van der Waals surface area contributed by atoms with Gasteiger partial charge in [0.15, 0.2) is 0 Å². The highest BCUT2D eigenvalue weighted by molar-refractivity contribution is 5.85. The smallest absolute Gasteiger partial charge is 0.230 e. The number of carbonyl (C=O) groups excluding carboxylic acids is 1. The molecule has 2 atom stereocenters. The highest BCUT2D eigenvalue weighted by atomic mass is 35.5. The van der Waals surface area contributed by atoms with Crippen LogP contribution in [0.1, 0.15) is 33.1 Å². The van der Waals surface area contributed by atoms with Crippen LogP contribution in [0.15, 0.2) is 0 Å². The second kappa shape index (κ2) is 4.92. The summed E-state index contributed by atoms with van der Waals surface area (Å²) in [5.74, 6) is 0.955. The molecule has 1 aliphatic carbocycles. The van der Waals surface area contributed by atoms with Gasteiger partial charge in [-0.05, 0) is 39.2 Å². The van der Waals surface area contributed by atoms with Crippen molar-refractivity contribution in [1.29, 1.82) is 0 Å². The summed E-state index contributed by atoms with van der Waals surface area (Å²) in [5.41, 5.74) is -0.0565. The number of hydrogen-bond donors (Lipinski definition) is 1. The van der Waals surface area contributed by atoms with Crippen LogP contribution in [0.3, 0.4) is 0 Å². The van der Waals surface area contributed by atoms with Crippen LogP contribution >= 0.6 is 12.4 Å². The number of carbonyl (C=O) groups is 1. The van der Waals surface area contributed by atoms with Gasteiger partial charge in [-0.15, -0.1) is 12.4 Å². The molecule has 4 heteroatoms. The van der Waals surface area contributed by atoms with Crippen LogP contribution in [0, 0.1) is 11.3 Å². The quantitative estimate of drug-likeness (QED) is 0.804. The molecule has 1 saturated heterocycles. The van der Waals surface area contributed by atoms with E-state index in [4.69, 9.17) is 0 Å². The van der Waals surface area contributed by atoms with E-state index in [9.17, 15) is 4.79 Å². The first-order valence-corrected chi connectivity index (χ1v) is 6.06. The SMILES string of the molecule is CC(C)N(C)C(=O)[C@@]12CCC[C@@H]1CNC2.Cl. The van der Waals surface area contributed by atoms with Gasteiger partial charge in [-0.3, -0.25) is 4.79 Å². The van der Waals surface area contributed by atoms with Crippen LogP contribution < -0.4 is 5.32 Å². The highest BCUT2D eigenvalue weighted by Crippen LogP contribution is 2.46. The topological polar surface area (TPSA) is 32.3 Å². The van der Waals surface area contributed by atoms with Crippen LogP contribution in [0.2, 0.25) is 0 Å². The van der Waals surface area contributed by atoms with Crippen LogP contribution in [-0.2, 0) is 4.79 Å². The molecule has 1 N–H and O–H groups in total. The molecule has 0 unspecified atom stereocenters. The Labute approximate surface area is 104 Å². The van der Waals surface area contributed by atoms with Crippen molar-refractivity contribution in [2.75, 3.05) is 20.1 Å². The number of hydrogen-bond acceptors (Lipinski definition) is 2. The second-order valence-corrected chi connectivity index (χ2v) is 5.39. The van der Waals surface area contributed by atoms with Gasteiger partial charge >= 0.3 is 0 Å². The molecule has 2 rings (SSSR count). The van der Waals surface area contributed by atoms with Crippen molar-refractivity contribution < 1.29 is 4.79 Å². The van der Waals surface area contributed by atoms with Gasteiger partial charge in [-0.2, -0.15) is 0 Å². The molecule has 0 spiro atoms. The van der Waals surface area contributed by atoms with Gasteiger partial charge in [0.2, 0.25) is 5.91 Å². The molecule has 1 aliphatic heterocycles. The van der Waals surface area contributed by atoms with Crippen molar-refractivity contribution in [1.82, 2.24) is 10.2 Å². The third-order valence-corrected chi connectivity index (χ3v) is 4.31. The summed E-state index contributed by atoms with van der Waals surface area (Å²) in [6, 6.07) is 0.314. The van der Waals surface area contributed by atoms with Crippen molar-refractivity contribution in [2.45, 2.75) is 39.2 Å². The van der Waals surface area contributed by atoms with Crippen molar-refractivity contribution in [2.24, 2.45) is 11.3 Å². The van der Waals surface area contributed by atoms with Crippen LogP contribution in [-0.4, -0.2) is 37.0 Å². The highest BCUT2D eigenvalue weighted by Gasteiger charge is 2.52. The van der Waals surface area contributed by atoms with Crippen molar-refractivity contribution in [3.8, 4) is 0 Å². The Hall–Kier alpha value is -0.280. The van der Waals surface area contributed by atoms with Crippen molar-refractivity contribution in [3.63, 3.8) is 0 Å². The molecular weight excluding hydrogens is 224 g/mol. The van der Waals surface area contributed by atoms with Crippen LogP contribution in [0.4, 0.5) is 0 Å². The molecule has 1 heterocycles. The maximum atomic E-state index is 12.5. The molecule has 0 radical (unpaired) electrons. The van der Waals surface area contributed by atoms with Gasteiger partial charge in [0.1, 0.15) is 0 Å². The average molecular weight is 247 g/mol. The minimum absolute atomic E-state index is 0. The number of nitrogens with zero attached hydrogens (tertiary/aromatic N) is 1. The lowest BCUT2D eigenvalue weighted by molar-refractivity contribution is -0.142. The maximum absolute atomic E-state index is 12.5. The summed E-state index contributed by atoms with van der Waals surface area (Å²) >= 11 is 0. The Morgan fingerprint density at radius 3 is 2.81 bits per heavy atom. The third-order valence-electron chi connectivity index (χ3n) is 4.31. The Bertz CT molecular complexity index is 258. The van der Waals surface area contributed by atoms with Crippen molar-refractivity contribution >= 4 is 18.3 Å². The van der Waals surface area contributed by atoms with E-state index in [1.54, 1.807) is 0 Å². The number of amides is 1. The fourth-order valence-corrected chi connectivity index (χ4v) is 3.09. The van der Waals surface area contributed by atoms with E-state index < -0.39 is 0 Å². The molecule has 1 amide bonds.